The molecule has 1 aromatic carbocycles. The SMILES string of the molecule is O=C(CCc1ccc(S(=O)(=O)N2CCOCC2)cc1)Nc1nnc(-c2ccccn2)s1. The van der Waals surface area contributed by atoms with Crippen molar-refractivity contribution in [3.05, 3.63) is 54.2 Å². The first kappa shape index (κ1) is 21.5. The van der Waals surface area contributed by atoms with Crippen LogP contribution in [0.15, 0.2) is 53.6 Å². The maximum absolute atomic E-state index is 12.7. The Morgan fingerprint density at radius 3 is 2.58 bits per heavy atom. The van der Waals surface area contributed by atoms with E-state index in [0.29, 0.717) is 48.6 Å². The number of anilines is 1. The Kier molecular flexibility index (Phi) is 6.66. The van der Waals surface area contributed by atoms with Crippen LogP contribution in [0.5, 0.6) is 0 Å². The molecular formula is C20H21N5O4S2. The number of hydrogen-bond donors (Lipinski definition) is 1. The van der Waals surface area contributed by atoms with Gasteiger partial charge in [0, 0.05) is 25.7 Å². The summed E-state index contributed by atoms with van der Waals surface area (Å²) in [7, 11) is -3.52. The molecular weight excluding hydrogens is 438 g/mol. The van der Waals surface area contributed by atoms with Crippen LogP contribution in [0.4, 0.5) is 5.13 Å². The smallest absolute Gasteiger partial charge is 0.243 e. The van der Waals surface area contributed by atoms with Crippen molar-refractivity contribution in [2.45, 2.75) is 17.7 Å². The third-order valence-corrected chi connectivity index (χ3v) is 7.50. The molecule has 2 aromatic heterocycles. The van der Waals surface area contributed by atoms with Crippen LogP contribution in [0.25, 0.3) is 10.7 Å². The Morgan fingerprint density at radius 2 is 1.87 bits per heavy atom. The topological polar surface area (TPSA) is 114 Å². The molecule has 3 aromatic rings. The van der Waals surface area contributed by atoms with Crippen LogP contribution in [0.2, 0.25) is 0 Å². The van der Waals surface area contributed by atoms with Gasteiger partial charge in [0.25, 0.3) is 0 Å². The molecule has 0 atom stereocenters. The van der Waals surface area contributed by atoms with Crippen molar-refractivity contribution in [1.29, 1.82) is 0 Å². The first-order valence-electron chi connectivity index (χ1n) is 9.74. The maximum Gasteiger partial charge on any atom is 0.243 e. The fraction of sp³-hybridized carbons (Fsp3) is 0.300. The number of sulfonamides is 1. The van der Waals surface area contributed by atoms with Crippen molar-refractivity contribution in [1.82, 2.24) is 19.5 Å². The number of ether oxygens (including phenoxy) is 1. The van der Waals surface area contributed by atoms with Crippen molar-refractivity contribution in [3.8, 4) is 10.7 Å². The summed E-state index contributed by atoms with van der Waals surface area (Å²) in [5, 5.41) is 11.8. The summed E-state index contributed by atoms with van der Waals surface area (Å²) >= 11 is 1.26. The Morgan fingerprint density at radius 1 is 1.10 bits per heavy atom. The third-order valence-electron chi connectivity index (χ3n) is 4.73. The molecule has 1 fully saturated rings. The molecule has 0 unspecified atom stereocenters. The zero-order valence-electron chi connectivity index (χ0n) is 16.6. The van der Waals surface area contributed by atoms with Gasteiger partial charge in [0.2, 0.25) is 21.1 Å². The minimum Gasteiger partial charge on any atom is -0.379 e. The number of carbonyl (C=O) groups is 1. The number of carbonyl (C=O) groups excluding carboxylic acids is 1. The van der Waals surface area contributed by atoms with Gasteiger partial charge in [-0.3, -0.25) is 9.78 Å². The van der Waals surface area contributed by atoms with E-state index in [1.54, 1.807) is 30.5 Å². The van der Waals surface area contributed by atoms with Crippen molar-refractivity contribution in [2.75, 3.05) is 31.6 Å². The molecule has 0 spiro atoms. The average Bonchev–Trinajstić information content (AvgIpc) is 3.27. The molecule has 1 aliphatic heterocycles. The second-order valence-electron chi connectivity index (χ2n) is 6.84. The molecule has 1 aliphatic rings. The van der Waals surface area contributed by atoms with Crippen molar-refractivity contribution < 1.29 is 17.9 Å². The van der Waals surface area contributed by atoms with Crippen LogP contribution >= 0.6 is 11.3 Å². The highest BCUT2D eigenvalue weighted by atomic mass is 32.2. The molecule has 1 saturated heterocycles. The number of aryl methyl sites for hydroxylation is 1. The number of rotatable bonds is 7. The first-order valence-corrected chi connectivity index (χ1v) is 12.0. The van der Waals surface area contributed by atoms with Crippen LogP contribution in [0, 0.1) is 0 Å². The number of hydrogen-bond acceptors (Lipinski definition) is 8. The van der Waals surface area contributed by atoms with Gasteiger partial charge in [0.05, 0.1) is 18.1 Å². The van der Waals surface area contributed by atoms with Gasteiger partial charge in [-0.15, -0.1) is 10.2 Å². The molecule has 0 saturated carbocycles. The summed E-state index contributed by atoms with van der Waals surface area (Å²) in [6.45, 7) is 1.53. The summed E-state index contributed by atoms with van der Waals surface area (Å²) in [5.74, 6) is -0.186. The molecule has 31 heavy (non-hydrogen) atoms. The van der Waals surface area contributed by atoms with Gasteiger partial charge in [-0.2, -0.15) is 4.31 Å². The normalized spacial score (nSPS) is 15.0. The highest BCUT2D eigenvalue weighted by Crippen LogP contribution is 2.24. The Hall–Kier alpha value is -2.73. The summed E-state index contributed by atoms with van der Waals surface area (Å²) < 4.78 is 32.0. The van der Waals surface area contributed by atoms with E-state index in [2.05, 4.69) is 20.5 Å². The third kappa shape index (κ3) is 5.31. The van der Waals surface area contributed by atoms with E-state index in [-0.39, 0.29) is 17.2 Å². The number of amides is 1. The van der Waals surface area contributed by atoms with Crippen molar-refractivity contribution in [3.63, 3.8) is 0 Å². The number of aromatic nitrogens is 3. The standard InChI is InChI=1S/C20H21N5O4S2/c26-18(22-20-24-23-19(30-20)17-3-1-2-10-21-17)9-6-15-4-7-16(8-5-15)31(27,28)25-11-13-29-14-12-25/h1-5,7-8,10H,6,9,11-14H2,(H,22,24,26). The highest BCUT2D eigenvalue weighted by Gasteiger charge is 2.26. The van der Waals surface area contributed by atoms with Crippen LogP contribution in [0.1, 0.15) is 12.0 Å². The van der Waals surface area contributed by atoms with Crippen LogP contribution in [-0.4, -0.2) is 60.1 Å². The summed E-state index contributed by atoms with van der Waals surface area (Å²) in [5.41, 5.74) is 1.58. The quantitative estimate of drug-likeness (QED) is 0.576. The summed E-state index contributed by atoms with van der Waals surface area (Å²) in [6.07, 6.45) is 2.40. The van der Waals surface area contributed by atoms with E-state index < -0.39 is 10.0 Å². The number of pyridine rings is 1. The summed E-state index contributed by atoms with van der Waals surface area (Å²) in [4.78, 5) is 16.7. The number of nitrogens with one attached hydrogen (secondary N) is 1. The zero-order chi connectivity index (χ0) is 21.7. The Labute approximate surface area is 184 Å². The average molecular weight is 460 g/mol. The van der Waals surface area contributed by atoms with E-state index >= 15 is 0 Å². The molecule has 0 radical (unpaired) electrons. The molecule has 162 valence electrons. The van der Waals surface area contributed by atoms with Gasteiger partial charge in [0.15, 0.2) is 5.01 Å². The lowest BCUT2D eigenvalue weighted by molar-refractivity contribution is -0.116. The van der Waals surface area contributed by atoms with E-state index in [0.717, 1.165) is 5.56 Å². The lowest BCUT2D eigenvalue weighted by atomic mass is 10.1. The minimum atomic E-state index is -3.52. The van der Waals surface area contributed by atoms with Gasteiger partial charge in [-0.25, -0.2) is 8.42 Å². The molecule has 3 heterocycles. The predicted octanol–water partition coefficient (Wildman–Crippen LogP) is 2.19. The van der Waals surface area contributed by atoms with Gasteiger partial charge in [-0.05, 0) is 36.2 Å². The molecule has 0 bridgehead atoms. The van der Waals surface area contributed by atoms with Crippen LogP contribution in [-0.2, 0) is 26.0 Å². The number of benzene rings is 1. The van der Waals surface area contributed by atoms with E-state index in [1.807, 2.05) is 18.2 Å². The Balaban J connectivity index is 1.31. The molecule has 9 nitrogen and oxygen atoms in total. The predicted molar refractivity (Wildman–Crippen MR) is 116 cm³/mol. The van der Waals surface area contributed by atoms with Gasteiger partial charge in [0.1, 0.15) is 5.69 Å². The minimum absolute atomic E-state index is 0.186. The fourth-order valence-corrected chi connectivity index (χ4v) is 5.21. The van der Waals surface area contributed by atoms with Crippen LogP contribution < -0.4 is 5.32 Å². The van der Waals surface area contributed by atoms with Gasteiger partial charge >= 0.3 is 0 Å². The number of nitrogens with zero attached hydrogens (tertiary/aromatic N) is 4. The second-order valence-corrected chi connectivity index (χ2v) is 9.75. The number of morpholine rings is 1. The van der Waals surface area contributed by atoms with Gasteiger partial charge in [-0.1, -0.05) is 29.5 Å². The maximum atomic E-state index is 12.7. The zero-order valence-corrected chi connectivity index (χ0v) is 18.2. The van der Waals surface area contributed by atoms with E-state index in [4.69, 9.17) is 4.74 Å². The lowest BCUT2D eigenvalue weighted by Crippen LogP contribution is -2.40. The lowest BCUT2D eigenvalue weighted by Gasteiger charge is -2.26. The monoisotopic (exact) mass is 459 g/mol. The molecule has 1 N–H and O–H groups in total. The van der Waals surface area contributed by atoms with Crippen molar-refractivity contribution in [2.24, 2.45) is 0 Å². The van der Waals surface area contributed by atoms with E-state index in [1.165, 1.54) is 15.6 Å². The Bertz CT molecular complexity index is 1130. The second kappa shape index (κ2) is 9.60. The molecule has 4 rings (SSSR count). The first-order chi connectivity index (χ1) is 15.0. The van der Waals surface area contributed by atoms with Crippen LogP contribution in [0.3, 0.4) is 0 Å². The molecule has 1 amide bonds. The molecule has 0 aliphatic carbocycles. The molecule has 11 heteroatoms. The van der Waals surface area contributed by atoms with Crippen molar-refractivity contribution >= 4 is 32.4 Å². The fourth-order valence-electron chi connectivity index (χ4n) is 3.07. The van der Waals surface area contributed by atoms with E-state index in [9.17, 15) is 13.2 Å². The highest BCUT2D eigenvalue weighted by molar-refractivity contribution is 7.89. The van der Waals surface area contributed by atoms with Gasteiger partial charge < -0.3 is 10.1 Å². The summed E-state index contributed by atoms with van der Waals surface area (Å²) in [6, 6.07) is 12.2. The largest absolute Gasteiger partial charge is 0.379 e.